The molecule has 0 spiro atoms. The van der Waals surface area contributed by atoms with Crippen LogP contribution in [0.3, 0.4) is 0 Å². The van der Waals surface area contributed by atoms with Crippen molar-refractivity contribution in [3.8, 4) is 0 Å². The number of likely N-dealkylation sites (N-methyl/N-ethyl adjacent to an activating group) is 1. The Bertz CT molecular complexity index is 337. The topological polar surface area (TPSA) is 8.17 Å². The first-order chi connectivity index (χ1) is 7.16. The molecule has 0 saturated heterocycles. The number of nitrogens with zero attached hydrogens (tertiary/aromatic N) is 2. The average molecular weight is 204 g/mol. The zero-order chi connectivity index (χ0) is 10.8. The molecule has 0 N–H and O–H groups in total. The Kier molecular flexibility index (Phi) is 2.96. The molecule has 2 atom stereocenters. The number of aromatic nitrogens is 1. The number of hydrogen-bond donors (Lipinski definition) is 0. The van der Waals surface area contributed by atoms with Gasteiger partial charge in [-0.3, -0.25) is 4.90 Å². The molecule has 1 aromatic rings. The molecule has 0 radical (unpaired) electrons. The Morgan fingerprint density at radius 3 is 2.67 bits per heavy atom. The summed E-state index contributed by atoms with van der Waals surface area (Å²) in [5, 5.41) is 0. The molecule has 82 valence electrons. The van der Waals surface area contributed by atoms with Crippen molar-refractivity contribution in [1.29, 1.82) is 0 Å². The van der Waals surface area contributed by atoms with Gasteiger partial charge in [-0.15, -0.1) is 0 Å². The van der Waals surface area contributed by atoms with Gasteiger partial charge in [0.05, 0.1) is 0 Å². The molecule has 2 heteroatoms. The molecule has 0 bridgehead atoms. The minimum atomic E-state index is 0.569. The molecule has 0 aromatic carbocycles. The first kappa shape index (κ1) is 10.5. The normalized spacial score (nSPS) is 27.8. The van der Waals surface area contributed by atoms with E-state index in [1.165, 1.54) is 12.0 Å². The van der Waals surface area contributed by atoms with Gasteiger partial charge >= 0.3 is 0 Å². The van der Waals surface area contributed by atoms with Gasteiger partial charge in [0.2, 0.25) is 0 Å². The van der Waals surface area contributed by atoms with E-state index in [4.69, 9.17) is 0 Å². The third-order valence-electron chi connectivity index (χ3n) is 3.39. The quantitative estimate of drug-likeness (QED) is 0.672. The summed E-state index contributed by atoms with van der Waals surface area (Å²) in [5.74, 6) is 0. The van der Waals surface area contributed by atoms with Crippen LogP contribution < -0.4 is 0 Å². The van der Waals surface area contributed by atoms with Crippen molar-refractivity contribution in [2.45, 2.75) is 38.9 Å². The lowest BCUT2D eigenvalue weighted by atomic mass is 9.98. The molecule has 1 aliphatic rings. The SMILES string of the molecule is CC1=C[C@H](C)N(C)[C@H](Cn2cccc2)C1. The summed E-state index contributed by atoms with van der Waals surface area (Å²) < 4.78 is 2.27. The van der Waals surface area contributed by atoms with Gasteiger partial charge in [0, 0.05) is 31.0 Å². The van der Waals surface area contributed by atoms with Crippen LogP contribution in [0.4, 0.5) is 0 Å². The summed E-state index contributed by atoms with van der Waals surface area (Å²) in [5.41, 5.74) is 1.53. The van der Waals surface area contributed by atoms with E-state index in [1.807, 2.05) is 0 Å². The zero-order valence-electron chi connectivity index (χ0n) is 9.85. The molecule has 1 aromatic heterocycles. The molecule has 15 heavy (non-hydrogen) atoms. The lowest BCUT2D eigenvalue weighted by Crippen LogP contribution is -2.43. The Morgan fingerprint density at radius 2 is 2.00 bits per heavy atom. The second-order valence-corrected chi connectivity index (χ2v) is 4.66. The van der Waals surface area contributed by atoms with Crippen molar-refractivity contribution in [1.82, 2.24) is 9.47 Å². The summed E-state index contributed by atoms with van der Waals surface area (Å²) in [4.78, 5) is 2.47. The van der Waals surface area contributed by atoms with Gasteiger partial charge in [0.15, 0.2) is 0 Å². The van der Waals surface area contributed by atoms with Crippen molar-refractivity contribution < 1.29 is 0 Å². The van der Waals surface area contributed by atoms with Crippen molar-refractivity contribution in [3.63, 3.8) is 0 Å². The van der Waals surface area contributed by atoms with E-state index in [1.54, 1.807) is 0 Å². The minimum Gasteiger partial charge on any atom is -0.353 e. The molecule has 1 aliphatic heterocycles. The zero-order valence-corrected chi connectivity index (χ0v) is 9.85. The standard InChI is InChI=1S/C13H20N2/c1-11-8-12(2)14(3)13(9-11)10-15-6-4-5-7-15/h4-8,12-13H,9-10H2,1-3H3/t12-,13-/m0/s1. The van der Waals surface area contributed by atoms with Crippen molar-refractivity contribution >= 4 is 0 Å². The highest BCUT2D eigenvalue weighted by atomic mass is 15.2. The molecule has 2 rings (SSSR count). The van der Waals surface area contributed by atoms with Crippen LogP contribution in [0.2, 0.25) is 0 Å². The summed E-state index contributed by atoms with van der Waals surface area (Å²) in [6, 6.07) is 5.39. The van der Waals surface area contributed by atoms with E-state index in [0.717, 1.165) is 6.54 Å². The summed E-state index contributed by atoms with van der Waals surface area (Å²) in [6.07, 6.45) is 7.85. The van der Waals surface area contributed by atoms with E-state index >= 15 is 0 Å². The molecule has 2 nitrogen and oxygen atoms in total. The monoisotopic (exact) mass is 204 g/mol. The fourth-order valence-corrected chi connectivity index (χ4v) is 2.37. The fourth-order valence-electron chi connectivity index (χ4n) is 2.37. The average Bonchev–Trinajstić information content (AvgIpc) is 2.66. The Balaban J connectivity index is 2.07. The number of hydrogen-bond acceptors (Lipinski definition) is 1. The highest BCUT2D eigenvalue weighted by Gasteiger charge is 2.23. The molecule has 0 amide bonds. The molecular weight excluding hydrogens is 184 g/mol. The Morgan fingerprint density at radius 1 is 1.33 bits per heavy atom. The number of rotatable bonds is 2. The van der Waals surface area contributed by atoms with Crippen LogP contribution in [0.15, 0.2) is 36.2 Å². The van der Waals surface area contributed by atoms with Gasteiger partial charge in [-0.1, -0.05) is 11.6 Å². The van der Waals surface area contributed by atoms with Crippen LogP contribution in [0, 0.1) is 0 Å². The highest BCUT2D eigenvalue weighted by molar-refractivity contribution is 5.10. The second-order valence-electron chi connectivity index (χ2n) is 4.66. The molecule has 0 unspecified atom stereocenters. The first-order valence-corrected chi connectivity index (χ1v) is 5.67. The van der Waals surface area contributed by atoms with Crippen LogP contribution in [-0.2, 0) is 6.54 Å². The van der Waals surface area contributed by atoms with E-state index in [0.29, 0.717) is 12.1 Å². The van der Waals surface area contributed by atoms with E-state index in [9.17, 15) is 0 Å². The van der Waals surface area contributed by atoms with Gasteiger partial charge in [0.1, 0.15) is 0 Å². The maximum absolute atomic E-state index is 2.47. The lowest BCUT2D eigenvalue weighted by molar-refractivity contribution is 0.178. The summed E-state index contributed by atoms with van der Waals surface area (Å²) in [6.45, 7) is 5.61. The Labute approximate surface area is 92.2 Å². The minimum absolute atomic E-state index is 0.569. The van der Waals surface area contributed by atoms with Gasteiger partial charge in [-0.25, -0.2) is 0 Å². The summed E-state index contributed by atoms with van der Waals surface area (Å²) >= 11 is 0. The smallest absolute Gasteiger partial charge is 0.0379 e. The fraction of sp³-hybridized carbons (Fsp3) is 0.538. The molecule has 0 saturated carbocycles. The third kappa shape index (κ3) is 2.32. The van der Waals surface area contributed by atoms with Crippen molar-refractivity contribution in [2.24, 2.45) is 0 Å². The van der Waals surface area contributed by atoms with Gasteiger partial charge in [-0.05, 0) is 39.4 Å². The van der Waals surface area contributed by atoms with Gasteiger partial charge < -0.3 is 4.57 Å². The third-order valence-corrected chi connectivity index (χ3v) is 3.39. The lowest BCUT2D eigenvalue weighted by Gasteiger charge is -2.36. The first-order valence-electron chi connectivity index (χ1n) is 5.67. The predicted octanol–water partition coefficient (Wildman–Crippen LogP) is 2.53. The van der Waals surface area contributed by atoms with Crippen LogP contribution >= 0.6 is 0 Å². The van der Waals surface area contributed by atoms with Gasteiger partial charge in [-0.2, -0.15) is 0 Å². The van der Waals surface area contributed by atoms with E-state index in [2.05, 4.69) is 61.0 Å². The Hall–Kier alpha value is -1.02. The molecule has 0 aliphatic carbocycles. The van der Waals surface area contributed by atoms with Crippen LogP contribution in [-0.4, -0.2) is 28.6 Å². The predicted molar refractivity (Wildman–Crippen MR) is 63.8 cm³/mol. The van der Waals surface area contributed by atoms with Gasteiger partial charge in [0.25, 0.3) is 0 Å². The highest BCUT2D eigenvalue weighted by Crippen LogP contribution is 2.21. The van der Waals surface area contributed by atoms with Crippen molar-refractivity contribution in [2.75, 3.05) is 7.05 Å². The molecule has 0 fully saturated rings. The van der Waals surface area contributed by atoms with Crippen LogP contribution in [0.5, 0.6) is 0 Å². The van der Waals surface area contributed by atoms with Crippen LogP contribution in [0.1, 0.15) is 20.3 Å². The van der Waals surface area contributed by atoms with Crippen LogP contribution in [0.25, 0.3) is 0 Å². The molecule has 2 heterocycles. The maximum atomic E-state index is 2.47. The second kappa shape index (κ2) is 4.23. The maximum Gasteiger partial charge on any atom is 0.0379 e. The largest absolute Gasteiger partial charge is 0.353 e. The van der Waals surface area contributed by atoms with E-state index in [-0.39, 0.29) is 0 Å². The molecular formula is C13H20N2. The van der Waals surface area contributed by atoms with Crippen molar-refractivity contribution in [3.05, 3.63) is 36.2 Å². The summed E-state index contributed by atoms with van der Waals surface area (Å²) in [7, 11) is 2.22. The van der Waals surface area contributed by atoms with E-state index < -0.39 is 0 Å².